The fourth-order valence-corrected chi connectivity index (χ4v) is 1.75. The first-order valence-electron chi connectivity index (χ1n) is 5.22. The van der Waals surface area contributed by atoms with Crippen LogP contribution in [0.4, 0.5) is 20.2 Å². The molecule has 96 valence electrons. The van der Waals surface area contributed by atoms with Crippen molar-refractivity contribution in [2.24, 2.45) is 0 Å². The first-order chi connectivity index (χ1) is 8.41. The number of halogens is 2. The molecular formula is C11H11F2N3O2. The second kappa shape index (κ2) is 4.25. The fourth-order valence-electron chi connectivity index (χ4n) is 1.75. The first-order valence-corrected chi connectivity index (χ1v) is 5.22. The summed E-state index contributed by atoms with van der Waals surface area (Å²) in [5.41, 5.74) is 5.18. The molecule has 1 unspecified atom stereocenters. The maximum atomic E-state index is 13.5. The molecule has 3 N–H and O–H groups in total. The molecule has 0 saturated carbocycles. The van der Waals surface area contributed by atoms with E-state index >= 15 is 0 Å². The number of rotatable bonds is 2. The number of nitrogens with zero attached hydrogens (tertiary/aromatic N) is 1. The van der Waals surface area contributed by atoms with Gasteiger partial charge in [-0.05, 0) is 12.1 Å². The summed E-state index contributed by atoms with van der Waals surface area (Å²) in [6.45, 7) is 0. The number of amides is 2. The van der Waals surface area contributed by atoms with Gasteiger partial charge in [-0.15, -0.1) is 0 Å². The Hall–Kier alpha value is -2.18. The quantitative estimate of drug-likeness (QED) is 0.603. The highest BCUT2D eigenvalue weighted by atomic mass is 19.2. The van der Waals surface area contributed by atoms with Crippen LogP contribution < -0.4 is 11.1 Å². The number of likely N-dealkylation sites (N-methyl/N-ethyl adjacent to an activating group) is 1. The van der Waals surface area contributed by atoms with Crippen LogP contribution in [-0.2, 0) is 9.59 Å². The molecule has 1 fully saturated rings. The van der Waals surface area contributed by atoms with E-state index in [1.807, 2.05) is 0 Å². The molecule has 2 amide bonds. The SMILES string of the molecule is CN1C(=O)CC(Nc2c(N)ccc(F)c2F)C1=O. The van der Waals surface area contributed by atoms with Gasteiger partial charge in [-0.2, -0.15) is 0 Å². The summed E-state index contributed by atoms with van der Waals surface area (Å²) in [5.74, 6) is -3.11. The van der Waals surface area contributed by atoms with Gasteiger partial charge in [-0.3, -0.25) is 14.5 Å². The predicted octanol–water partition coefficient (Wildman–Crippen LogP) is 0.716. The minimum atomic E-state index is -1.16. The Morgan fingerprint density at radius 3 is 2.61 bits per heavy atom. The monoisotopic (exact) mass is 255 g/mol. The lowest BCUT2D eigenvalue weighted by Crippen LogP contribution is -2.32. The lowest BCUT2D eigenvalue weighted by atomic mass is 10.2. The lowest BCUT2D eigenvalue weighted by Gasteiger charge is -2.15. The number of hydrogen-bond donors (Lipinski definition) is 2. The van der Waals surface area contributed by atoms with Gasteiger partial charge in [0.1, 0.15) is 6.04 Å². The van der Waals surface area contributed by atoms with Gasteiger partial charge in [0.15, 0.2) is 11.6 Å². The average Bonchev–Trinajstić information content (AvgIpc) is 2.57. The minimum Gasteiger partial charge on any atom is -0.397 e. The van der Waals surface area contributed by atoms with E-state index in [4.69, 9.17) is 5.73 Å². The van der Waals surface area contributed by atoms with Gasteiger partial charge in [0, 0.05) is 7.05 Å². The number of nitrogens with one attached hydrogen (secondary N) is 1. The van der Waals surface area contributed by atoms with E-state index in [1.54, 1.807) is 0 Å². The standard InChI is InChI=1S/C11H11F2N3O2/c1-16-8(17)4-7(11(16)18)15-10-6(14)3-2-5(12)9(10)13/h2-3,7,15H,4,14H2,1H3. The second-order valence-corrected chi connectivity index (χ2v) is 4.02. The van der Waals surface area contributed by atoms with Crippen molar-refractivity contribution < 1.29 is 18.4 Å². The summed E-state index contributed by atoms with van der Waals surface area (Å²) in [6, 6.07) is 1.16. The van der Waals surface area contributed by atoms with Crippen molar-refractivity contribution in [2.45, 2.75) is 12.5 Å². The summed E-state index contributed by atoms with van der Waals surface area (Å²) >= 11 is 0. The van der Waals surface area contributed by atoms with Gasteiger partial charge in [-0.25, -0.2) is 8.78 Å². The van der Waals surface area contributed by atoms with Crippen LogP contribution in [0.3, 0.4) is 0 Å². The number of carbonyl (C=O) groups is 2. The van der Waals surface area contributed by atoms with Crippen molar-refractivity contribution in [3.8, 4) is 0 Å². The van der Waals surface area contributed by atoms with Crippen molar-refractivity contribution in [2.75, 3.05) is 18.1 Å². The van der Waals surface area contributed by atoms with Gasteiger partial charge < -0.3 is 11.1 Å². The van der Waals surface area contributed by atoms with E-state index in [9.17, 15) is 18.4 Å². The predicted molar refractivity (Wildman–Crippen MR) is 60.6 cm³/mol. The molecule has 0 radical (unpaired) electrons. The van der Waals surface area contributed by atoms with Crippen LogP contribution >= 0.6 is 0 Å². The number of hydrogen-bond acceptors (Lipinski definition) is 4. The molecule has 1 aliphatic heterocycles. The maximum absolute atomic E-state index is 13.5. The van der Waals surface area contributed by atoms with Crippen LogP contribution in [0, 0.1) is 11.6 Å². The van der Waals surface area contributed by atoms with Crippen LogP contribution in [0.5, 0.6) is 0 Å². The molecule has 0 bridgehead atoms. The Morgan fingerprint density at radius 1 is 1.39 bits per heavy atom. The number of carbonyl (C=O) groups excluding carboxylic acids is 2. The van der Waals surface area contributed by atoms with Gasteiger partial charge in [0.05, 0.1) is 17.8 Å². The maximum Gasteiger partial charge on any atom is 0.251 e. The molecule has 1 atom stereocenters. The molecule has 5 nitrogen and oxygen atoms in total. The zero-order valence-corrected chi connectivity index (χ0v) is 9.54. The van der Waals surface area contributed by atoms with E-state index in [2.05, 4.69) is 5.32 Å². The Morgan fingerprint density at radius 2 is 2.06 bits per heavy atom. The second-order valence-electron chi connectivity index (χ2n) is 4.02. The molecule has 0 aliphatic carbocycles. The highest BCUT2D eigenvalue weighted by molar-refractivity contribution is 6.06. The molecule has 1 aliphatic rings. The van der Waals surface area contributed by atoms with E-state index < -0.39 is 23.6 Å². The Bertz CT molecular complexity index is 533. The summed E-state index contributed by atoms with van der Waals surface area (Å²) in [4.78, 5) is 23.8. The number of likely N-dealkylation sites (tertiary alicyclic amines) is 1. The van der Waals surface area contributed by atoms with E-state index in [-0.39, 0.29) is 23.7 Å². The minimum absolute atomic E-state index is 0.0243. The number of imide groups is 1. The van der Waals surface area contributed by atoms with E-state index in [0.29, 0.717) is 0 Å². The summed E-state index contributed by atoms with van der Waals surface area (Å²) in [6.07, 6.45) is -0.106. The molecule has 1 aromatic carbocycles. The third-order valence-corrected chi connectivity index (χ3v) is 2.83. The molecule has 1 saturated heterocycles. The third-order valence-electron chi connectivity index (χ3n) is 2.83. The third kappa shape index (κ3) is 1.87. The van der Waals surface area contributed by atoms with Crippen LogP contribution in [0.1, 0.15) is 6.42 Å². The normalized spacial score (nSPS) is 19.5. The summed E-state index contributed by atoms with van der Waals surface area (Å²) in [7, 11) is 1.33. The molecular weight excluding hydrogens is 244 g/mol. The Labute approximate surface area is 102 Å². The molecule has 1 aromatic rings. The van der Waals surface area contributed by atoms with Crippen molar-refractivity contribution in [3.05, 3.63) is 23.8 Å². The van der Waals surface area contributed by atoms with Crippen LogP contribution in [0.2, 0.25) is 0 Å². The van der Waals surface area contributed by atoms with Crippen molar-refractivity contribution in [1.82, 2.24) is 4.90 Å². The highest BCUT2D eigenvalue weighted by Crippen LogP contribution is 2.27. The van der Waals surface area contributed by atoms with Crippen LogP contribution in [-0.4, -0.2) is 29.8 Å². The molecule has 1 heterocycles. The Balaban J connectivity index is 2.28. The topological polar surface area (TPSA) is 75.4 Å². The van der Waals surface area contributed by atoms with Crippen molar-refractivity contribution in [1.29, 1.82) is 0 Å². The number of nitrogen functional groups attached to an aromatic ring is 1. The van der Waals surface area contributed by atoms with Crippen molar-refractivity contribution in [3.63, 3.8) is 0 Å². The van der Waals surface area contributed by atoms with Crippen LogP contribution in [0.25, 0.3) is 0 Å². The number of benzene rings is 1. The zero-order valence-electron chi connectivity index (χ0n) is 9.54. The fraction of sp³-hybridized carbons (Fsp3) is 0.273. The molecule has 0 spiro atoms. The van der Waals surface area contributed by atoms with Gasteiger partial charge in [0.2, 0.25) is 5.91 Å². The lowest BCUT2D eigenvalue weighted by molar-refractivity contribution is -0.136. The number of nitrogens with two attached hydrogens (primary N) is 1. The molecule has 7 heteroatoms. The average molecular weight is 255 g/mol. The van der Waals surface area contributed by atoms with Gasteiger partial charge in [-0.1, -0.05) is 0 Å². The Kier molecular flexibility index (Phi) is 2.90. The summed E-state index contributed by atoms with van der Waals surface area (Å²) < 4.78 is 26.6. The highest BCUT2D eigenvalue weighted by Gasteiger charge is 2.36. The van der Waals surface area contributed by atoms with E-state index in [1.165, 1.54) is 13.1 Å². The first kappa shape index (κ1) is 12.3. The number of anilines is 2. The smallest absolute Gasteiger partial charge is 0.251 e. The van der Waals surface area contributed by atoms with Crippen molar-refractivity contribution >= 4 is 23.2 Å². The van der Waals surface area contributed by atoms with Crippen LogP contribution in [0.15, 0.2) is 12.1 Å². The zero-order chi connectivity index (χ0) is 13.4. The van der Waals surface area contributed by atoms with Gasteiger partial charge >= 0.3 is 0 Å². The molecule has 0 aromatic heterocycles. The molecule has 2 rings (SSSR count). The largest absolute Gasteiger partial charge is 0.397 e. The van der Waals surface area contributed by atoms with Gasteiger partial charge in [0.25, 0.3) is 5.91 Å². The summed E-state index contributed by atoms with van der Waals surface area (Å²) in [5, 5.41) is 2.48. The molecule has 18 heavy (non-hydrogen) atoms. The van der Waals surface area contributed by atoms with E-state index in [0.717, 1.165) is 11.0 Å².